The predicted molar refractivity (Wildman–Crippen MR) is 42.4 cm³/mol. The first kappa shape index (κ1) is 8.05. The Balaban J connectivity index is 2.02. The van der Waals surface area contributed by atoms with Gasteiger partial charge in [-0.05, 0) is 31.6 Å². The van der Waals surface area contributed by atoms with Crippen LogP contribution in [0.3, 0.4) is 0 Å². The van der Waals surface area contributed by atoms with Gasteiger partial charge in [-0.2, -0.15) is 0 Å². The van der Waals surface area contributed by atoms with E-state index in [9.17, 15) is 9.90 Å². The summed E-state index contributed by atoms with van der Waals surface area (Å²) in [6.45, 7) is 0. The third-order valence-corrected chi connectivity index (χ3v) is 3.19. The highest BCUT2D eigenvalue weighted by molar-refractivity contribution is 5.76. The molecule has 0 bridgehead atoms. The standard InChI is InChI=1S/C9H14O3/c1-12-8(11)7(10)9(4-5-9)6-2-3-6/h6-7,10H,2-5H2,1H3. The van der Waals surface area contributed by atoms with Crippen LogP contribution in [-0.2, 0) is 9.53 Å². The van der Waals surface area contributed by atoms with E-state index < -0.39 is 12.1 Å². The van der Waals surface area contributed by atoms with Crippen molar-refractivity contribution in [1.82, 2.24) is 0 Å². The molecule has 0 spiro atoms. The van der Waals surface area contributed by atoms with Crippen molar-refractivity contribution in [2.24, 2.45) is 11.3 Å². The van der Waals surface area contributed by atoms with Gasteiger partial charge in [-0.25, -0.2) is 4.79 Å². The number of methoxy groups -OCH3 is 1. The van der Waals surface area contributed by atoms with E-state index in [0.717, 1.165) is 12.8 Å². The summed E-state index contributed by atoms with van der Waals surface area (Å²) in [6, 6.07) is 0. The van der Waals surface area contributed by atoms with Gasteiger partial charge in [0.15, 0.2) is 6.10 Å². The molecule has 1 unspecified atom stereocenters. The summed E-state index contributed by atoms with van der Waals surface area (Å²) in [5, 5.41) is 9.64. The summed E-state index contributed by atoms with van der Waals surface area (Å²) in [5.41, 5.74) is -0.0763. The zero-order valence-electron chi connectivity index (χ0n) is 7.25. The van der Waals surface area contributed by atoms with Gasteiger partial charge in [0.1, 0.15) is 0 Å². The average Bonchev–Trinajstić information content (AvgIpc) is 2.87. The lowest BCUT2D eigenvalue weighted by Gasteiger charge is -2.18. The fourth-order valence-corrected chi connectivity index (χ4v) is 2.05. The molecule has 0 saturated heterocycles. The van der Waals surface area contributed by atoms with Gasteiger partial charge in [0.25, 0.3) is 0 Å². The molecule has 2 saturated carbocycles. The van der Waals surface area contributed by atoms with Crippen LogP contribution in [0.1, 0.15) is 25.7 Å². The summed E-state index contributed by atoms with van der Waals surface area (Å²) < 4.78 is 4.53. The number of aliphatic hydroxyl groups is 1. The van der Waals surface area contributed by atoms with E-state index >= 15 is 0 Å². The van der Waals surface area contributed by atoms with Crippen LogP contribution < -0.4 is 0 Å². The van der Waals surface area contributed by atoms with Crippen molar-refractivity contribution in [3.8, 4) is 0 Å². The molecule has 2 aliphatic carbocycles. The first-order valence-electron chi connectivity index (χ1n) is 4.46. The van der Waals surface area contributed by atoms with Crippen LogP contribution in [0.4, 0.5) is 0 Å². The molecule has 1 N–H and O–H groups in total. The molecule has 12 heavy (non-hydrogen) atoms. The Bertz CT molecular complexity index is 204. The van der Waals surface area contributed by atoms with Crippen LogP contribution in [0.15, 0.2) is 0 Å². The zero-order chi connectivity index (χ0) is 8.77. The van der Waals surface area contributed by atoms with Crippen LogP contribution in [0.5, 0.6) is 0 Å². The number of hydrogen-bond acceptors (Lipinski definition) is 3. The maximum absolute atomic E-state index is 11.1. The minimum absolute atomic E-state index is 0.0763. The molecule has 0 heterocycles. The first-order valence-corrected chi connectivity index (χ1v) is 4.46. The summed E-state index contributed by atoms with van der Waals surface area (Å²) in [5.74, 6) is 0.131. The van der Waals surface area contributed by atoms with E-state index in [1.807, 2.05) is 0 Å². The average molecular weight is 170 g/mol. The van der Waals surface area contributed by atoms with E-state index in [4.69, 9.17) is 0 Å². The molecule has 0 aromatic heterocycles. The molecule has 0 amide bonds. The highest BCUT2D eigenvalue weighted by Gasteiger charge is 2.60. The molecule has 2 fully saturated rings. The van der Waals surface area contributed by atoms with Crippen LogP contribution in [0, 0.1) is 11.3 Å². The Morgan fingerprint density at radius 3 is 2.50 bits per heavy atom. The number of carbonyl (C=O) groups excluding carboxylic acids is 1. The van der Waals surface area contributed by atoms with Crippen molar-refractivity contribution in [1.29, 1.82) is 0 Å². The molecule has 0 aromatic carbocycles. The maximum atomic E-state index is 11.1. The van der Waals surface area contributed by atoms with Crippen molar-refractivity contribution in [2.75, 3.05) is 7.11 Å². The molecule has 0 radical (unpaired) electrons. The second kappa shape index (κ2) is 2.46. The van der Waals surface area contributed by atoms with Gasteiger partial charge in [-0.15, -0.1) is 0 Å². The van der Waals surface area contributed by atoms with Crippen molar-refractivity contribution in [2.45, 2.75) is 31.8 Å². The van der Waals surface area contributed by atoms with Gasteiger partial charge in [-0.1, -0.05) is 0 Å². The van der Waals surface area contributed by atoms with E-state index in [0.29, 0.717) is 5.92 Å². The lowest BCUT2D eigenvalue weighted by Crippen LogP contribution is -2.33. The van der Waals surface area contributed by atoms with Crippen LogP contribution >= 0.6 is 0 Å². The number of carbonyl (C=O) groups is 1. The van der Waals surface area contributed by atoms with Crippen molar-refractivity contribution in [3.05, 3.63) is 0 Å². The van der Waals surface area contributed by atoms with Gasteiger partial charge < -0.3 is 9.84 Å². The third kappa shape index (κ3) is 1.04. The minimum atomic E-state index is -0.866. The van der Waals surface area contributed by atoms with Crippen LogP contribution in [0.25, 0.3) is 0 Å². The largest absolute Gasteiger partial charge is 0.467 e. The van der Waals surface area contributed by atoms with Crippen LogP contribution in [-0.4, -0.2) is 24.3 Å². The number of rotatable bonds is 3. The Labute approximate surface area is 71.7 Å². The zero-order valence-corrected chi connectivity index (χ0v) is 7.25. The van der Waals surface area contributed by atoms with Gasteiger partial charge >= 0.3 is 5.97 Å². The highest BCUT2D eigenvalue weighted by Crippen LogP contribution is 2.63. The second-order valence-electron chi connectivity index (χ2n) is 3.93. The minimum Gasteiger partial charge on any atom is -0.467 e. The Morgan fingerprint density at radius 1 is 1.58 bits per heavy atom. The predicted octanol–water partition coefficient (Wildman–Crippen LogP) is 0.710. The lowest BCUT2D eigenvalue weighted by molar-refractivity contribution is -0.155. The molecule has 68 valence electrons. The van der Waals surface area contributed by atoms with Gasteiger partial charge in [-0.3, -0.25) is 0 Å². The molecular formula is C9H14O3. The maximum Gasteiger partial charge on any atom is 0.335 e. The molecule has 1 atom stereocenters. The van der Waals surface area contributed by atoms with E-state index in [2.05, 4.69) is 4.74 Å². The van der Waals surface area contributed by atoms with E-state index in [1.54, 1.807) is 0 Å². The van der Waals surface area contributed by atoms with Crippen LogP contribution in [0.2, 0.25) is 0 Å². The van der Waals surface area contributed by atoms with E-state index in [-0.39, 0.29) is 5.41 Å². The second-order valence-corrected chi connectivity index (χ2v) is 3.93. The monoisotopic (exact) mass is 170 g/mol. The number of ether oxygens (including phenoxy) is 1. The van der Waals surface area contributed by atoms with Crippen molar-refractivity contribution in [3.63, 3.8) is 0 Å². The smallest absolute Gasteiger partial charge is 0.335 e. The van der Waals surface area contributed by atoms with Gasteiger partial charge in [0.2, 0.25) is 0 Å². The summed E-state index contributed by atoms with van der Waals surface area (Å²) >= 11 is 0. The molecular weight excluding hydrogens is 156 g/mol. The van der Waals surface area contributed by atoms with Crippen molar-refractivity contribution >= 4 is 5.97 Å². The SMILES string of the molecule is COC(=O)C(O)C1(C2CC2)CC1. The molecule has 3 heteroatoms. The van der Waals surface area contributed by atoms with Gasteiger partial charge in [0, 0.05) is 5.41 Å². The molecule has 2 aliphatic rings. The fourth-order valence-electron chi connectivity index (χ4n) is 2.05. The van der Waals surface area contributed by atoms with Crippen molar-refractivity contribution < 1.29 is 14.6 Å². The quantitative estimate of drug-likeness (QED) is 0.634. The lowest BCUT2D eigenvalue weighted by atomic mass is 9.93. The number of aliphatic hydroxyl groups excluding tert-OH is 1. The summed E-state index contributed by atoms with van der Waals surface area (Å²) in [7, 11) is 1.33. The Hall–Kier alpha value is -0.570. The third-order valence-electron chi connectivity index (χ3n) is 3.19. The van der Waals surface area contributed by atoms with E-state index in [1.165, 1.54) is 20.0 Å². The first-order chi connectivity index (χ1) is 5.70. The molecule has 0 aromatic rings. The number of esters is 1. The topological polar surface area (TPSA) is 46.5 Å². The molecule has 0 aliphatic heterocycles. The Kier molecular flexibility index (Phi) is 1.65. The van der Waals surface area contributed by atoms with Gasteiger partial charge in [0.05, 0.1) is 7.11 Å². The molecule has 3 nitrogen and oxygen atoms in total. The summed E-state index contributed by atoms with van der Waals surface area (Å²) in [6.07, 6.45) is 3.47. The normalized spacial score (nSPS) is 27.8. The molecule has 2 rings (SSSR count). The number of hydrogen-bond donors (Lipinski definition) is 1. The highest BCUT2D eigenvalue weighted by atomic mass is 16.5. The summed E-state index contributed by atoms with van der Waals surface area (Å²) in [4.78, 5) is 11.1. The Morgan fingerprint density at radius 2 is 2.17 bits per heavy atom. The fraction of sp³-hybridized carbons (Fsp3) is 0.889.